The number of hydrogen-bond acceptors (Lipinski definition) is 4. The first kappa shape index (κ1) is 15.2. The second kappa shape index (κ2) is 6.92. The summed E-state index contributed by atoms with van der Waals surface area (Å²) in [5, 5.41) is 6.62. The van der Waals surface area contributed by atoms with Gasteiger partial charge in [-0.2, -0.15) is 0 Å². The van der Waals surface area contributed by atoms with Crippen LogP contribution in [0.2, 0.25) is 0 Å². The summed E-state index contributed by atoms with van der Waals surface area (Å²) in [5.41, 5.74) is 0.329. The van der Waals surface area contributed by atoms with Gasteiger partial charge in [0.15, 0.2) is 0 Å². The average molecular weight is 315 g/mol. The van der Waals surface area contributed by atoms with Crippen molar-refractivity contribution in [2.75, 3.05) is 23.7 Å². The largest absolute Gasteiger partial charge is 0.369 e. The Morgan fingerprint density at radius 1 is 1.11 bits per heavy atom. The summed E-state index contributed by atoms with van der Waals surface area (Å²) in [7, 11) is 0. The molecular weight excluding hydrogens is 292 g/mol. The molecule has 0 spiro atoms. The summed E-state index contributed by atoms with van der Waals surface area (Å²) in [5.74, 6) is 1.71. The molecule has 1 aromatic rings. The molecule has 0 saturated carbocycles. The predicted octanol–water partition coefficient (Wildman–Crippen LogP) is 3.91. The standard InChI is InChI=1S/C13H23BrN4/c1-5-7-15-11-10(14)12(18-9-17-11)16-8-6-13(2,3)4/h9H,5-8H2,1-4H3,(H2,15,16,17,18). The molecule has 0 amide bonds. The first-order valence-corrected chi connectivity index (χ1v) is 7.21. The summed E-state index contributed by atoms with van der Waals surface area (Å²) in [4.78, 5) is 8.48. The molecule has 0 fully saturated rings. The fraction of sp³-hybridized carbons (Fsp3) is 0.692. The van der Waals surface area contributed by atoms with E-state index in [0.717, 1.165) is 42.0 Å². The monoisotopic (exact) mass is 314 g/mol. The predicted molar refractivity (Wildman–Crippen MR) is 81.1 cm³/mol. The van der Waals surface area contributed by atoms with Crippen molar-refractivity contribution < 1.29 is 0 Å². The number of anilines is 2. The van der Waals surface area contributed by atoms with E-state index in [1.54, 1.807) is 6.33 Å². The van der Waals surface area contributed by atoms with Crippen molar-refractivity contribution in [2.45, 2.75) is 40.5 Å². The zero-order valence-corrected chi connectivity index (χ0v) is 13.3. The van der Waals surface area contributed by atoms with Gasteiger partial charge in [0, 0.05) is 13.1 Å². The fourth-order valence-electron chi connectivity index (χ4n) is 1.42. The van der Waals surface area contributed by atoms with E-state index in [2.05, 4.69) is 64.2 Å². The number of nitrogens with one attached hydrogen (secondary N) is 2. The first-order valence-electron chi connectivity index (χ1n) is 6.42. The van der Waals surface area contributed by atoms with Gasteiger partial charge >= 0.3 is 0 Å². The number of nitrogens with zero attached hydrogens (tertiary/aromatic N) is 2. The zero-order chi connectivity index (χ0) is 13.6. The van der Waals surface area contributed by atoms with Crippen molar-refractivity contribution in [3.8, 4) is 0 Å². The summed E-state index contributed by atoms with van der Waals surface area (Å²) in [6, 6.07) is 0. The Balaban J connectivity index is 2.60. The quantitative estimate of drug-likeness (QED) is 0.835. The molecule has 1 heterocycles. The van der Waals surface area contributed by atoms with Gasteiger partial charge in [-0.3, -0.25) is 0 Å². The molecule has 2 N–H and O–H groups in total. The maximum absolute atomic E-state index is 4.26. The molecule has 0 saturated heterocycles. The van der Waals surface area contributed by atoms with E-state index in [9.17, 15) is 0 Å². The lowest BCUT2D eigenvalue weighted by molar-refractivity contribution is 0.389. The fourth-order valence-corrected chi connectivity index (χ4v) is 1.90. The Morgan fingerprint density at radius 3 is 2.17 bits per heavy atom. The second-order valence-corrected chi connectivity index (χ2v) is 6.34. The molecule has 0 aliphatic heterocycles. The zero-order valence-electron chi connectivity index (χ0n) is 11.7. The van der Waals surface area contributed by atoms with Gasteiger partial charge in [0.05, 0.1) is 0 Å². The van der Waals surface area contributed by atoms with Crippen LogP contribution in [-0.4, -0.2) is 23.1 Å². The Hall–Kier alpha value is -0.840. The highest BCUT2D eigenvalue weighted by Gasteiger charge is 2.11. The Morgan fingerprint density at radius 2 is 1.67 bits per heavy atom. The van der Waals surface area contributed by atoms with Crippen molar-refractivity contribution in [1.82, 2.24) is 9.97 Å². The minimum atomic E-state index is 0.329. The minimum Gasteiger partial charge on any atom is -0.369 e. The van der Waals surface area contributed by atoms with E-state index >= 15 is 0 Å². The van der Waals surface area contributed by atoms with Gasteiger partial charge in [-0.1, -0.05) is 27.7 Å². The van der Waals surface area contributed by atoms with Crippen LogP contribution in [0, 0.1) is 5.41 Å². The van der Waals surface area contributed by atoms with Crippen molar-refractivity contribution >= 4 is 27.6 Å². The molecule has 0 aliphatic carbocycles. The Kier molecular flexibility index (Phi) is 5.85. The van der Waals surface area contributed by atoms with E-state index < -0.39 is 0 Å². The third-order valence-electron chi connectivity index (χ3n) is 2.50. The van der Waals surface area contributed by atoms with Crippen LogP contribution < -0.4 is 10.6 Å². The molecule has 18 heavy (non-hydrogen) atoms. The smallest absolute Gasteiger partial charge is 0.145 e. The Labute approximate surface area is 118 Å². The molecule has 0 aliphatic rings. The molecule has 0 aromatic carbocycles. The normalized spacial score (nSPS) is 11.4. The van der Waals surface area contributed by atoms with Gasteiger partial charge in [0.2, 0.25) is 0 Å². The van der Waals surface area contributed by atoms with Gasteiger partial charge in [0.1, 0.15) is 22.4 Å². The third-order valence-corrected chi connectivity index (χ3v) is 3.25. The molecule has 1 aromatic heterocycles. The molecule has 5 heteroatoms. The second-order valence-electron chi connectivity index (χ2n) is 5.55. The van der Waals surface area contributed by atoms with Gasteiger partial charge in [-0.15, -0.1) is 0 Å². The lowest BCUT2D eigenvalue weighted by Gasteiger charge is -2.19. The molecule has 0 bridgehead atoms. The van der Waals surface area contributed by atoms with Crippen molar-refractivity contribution in [1.29, 1.82) is 0 Å². The molecule has 1 rings (SSSR count). The molecule has 102 valence electrons. The third kappa shape index (κ3) is 5.21. The van der Waals surface area contributed by atoms with Crippen molar-refractivity contribution in [3.05, 3.63) is 10.8 Å². The van der Waals surface area contributed by atoms with E-state index in [-0.39, 0.29) is 0 Å². The highest BCUT2D eigenvalue weighted by Crippen LogP contribution is 2.27. The number of aromatic nitrogens is 2. The maximum Gasteiger partial charge on any atom is 0.145 e. The van der Waals surface area contributed by atoms with Crippen LogP contribution in [0.25, 0.3) is 0 Å². The molecule has 0 unspecified atom stereocenters. The van der Waals surface area contributed by atoms with Gasteiger partial charge < -0.3 is 10.6 Å². The number of halogens is 1. The summed E-state index contributed by atoms with van der Waals surface area (Å²) in [6.45, 7) is 10.7. The molecule has 0 radical (unpaired) electrons. The van der Waals surface area contributed by atoms with Crippen LogP contribution in [0.3, 0.4) is 0 Å². The SMILES string of the molecule is CCCNc1ncnc(NCCC(C)(C)C)c1Br. The van der Waals surface area contributed by atoms with Crippen LogP contribution >= 0.6 is 15.9 Å². The summed E-state index contributed by atoms with van der Waals surface area (Å²) >= 11 is 3.54. The maximum atomic E-state index is 4.26. The Bertz CT molecular complexity index is 374. The van der Waals surface area contributed by atoms with Crippen LogP contribution in [0.4, 0.5) is 11.6 Å². The highest BCUT2D eigenvalue weighted by atomic mass is 79.9. The molecule has 0 atom stereocenters. The summed E-state index contributed by atoms with van der Waals surface area (Å²) in [6.07, 6.45) is 3.76. The molecule has 4 nitrogen and oxygen atoms in total. The van der Waals surface area contributed by atoms with Crippen LogP contribution in [0.1, 0.15) is 40.5 Å². The first-order chi connectivity index (χ1) is 8.44. The number of rotatable bonds is 6. The van der Waals surface area contributed by atoms with Crippen LogP contribution in [0.15, 0.2) is 10.8 Å². The summed E-state index contributed by atoms with van der Waals surface area (Å²) < 4.78 is 0.910. The van der Waals surface area contributed by atoms with E-state index in [4.69, 9.17) is 0 Å². The van der Waals surface area contributed by atoms with Gasteiger partial charge in [0.25, 0.3) is 0 Å². The van der Waals surface area contributed by atoms with Gasteiger partial charge in [-0.25, -0.2) is 9.97 Å². The van der Waals surface area contributed by atoms with E-state index in [0.29, 0.717) is 5.41 Å². The van der Waals surface area contributed by atoms with Crippen LogP contribution in [0.5, 0.6) is 0 Å². The lowest BCUT2D eigenvalue weighted by Crippen LogP contribution is -2.14. The molecular formula is C13H23BrN4. The highest BCUT2D eigenvalue weighted by molar-refractivity contribution is 9.10. The van der Waals surface area contributed by atoms with E-state index in [1.807, 2.05) is 0 Å². The van der Waals surface area contributed by atoms with Crippen molar-refractivity contribution in [2.24, 2.45) is 5.41 Å². The van der Waals surface area contributed by atoms with Crippen molar-refractivity contribution in [3.63, 3.8) is 0 Å². The topological polar surface area (TPSA) is 49.8 Å². The lowest BCUT2D eigenvalue weighted by atomic mass is 9.92. The number of hydrogen-bond donors (Lipinski definition) is 2. The van der Waals surface area contributed by atoms with E-state index in [1.165, 1.54) is 0 Å². The minimum absolute atomic E-state index is 0.329. The van der Waals surface area contributed by atoms with Crippen LogP contribution in [-0.2, 0) is 0 Å². The average Bonchev–Trinajstić information content (AvgIpc) is 2.28. The van der Waals surface area contributed by atoms with Gasteiger partial charge in [-0.05, 0) is 34.2 Å².